The Balaban J connectivity index is 2.06. The molecule has 0 bridgehead atoms. The van der Waals surface area contributed by atoms with Crippen molar-refractivity contribution in [1.82, 2.24) is 0 Å². The minimum Gasteiger partial charge on any atom is -0.497 e. The highest BCUT2D eigenvalue weighted by atomic mass is 16.6. The van der Waals surface area contributed by atoms with Crippen LogP contribution in [0.2, 0.25) is 0 Å². The molecule has 0 radical (unpaired) electrons. The highest BCUT2D eigenvalue weighted by Crippen LogP contribution is 2.23. The molecule has 1 aliphatic heterocycles. The molecule has 1 saturated heterocycles. The maximum atomic E-state index is 9.88. The van der Waals surface area contributed by atoms with Crippen LogP contribution in [0.25, 0.3) is 0 Å². The molecule has 1 aromatic carbocycles. The molecule has 0 spiro atoms. The highest BCUT2D eigenvalue weighted by molar-refractivity contribution is 5.47. The number of methoxy groups -OCH3 is 1. The molecule has 0 amide bonds. The van der Waals surface area contributed by atoms with Crippen LogP contribution in [0, 0.1) is 0 Å². The van der Waals surface area contributed by atoms with Gasteiger partial charge >= 0.3 is 0 Å². The van der Waals surface area contributed by atoms with E-state index in [-0.39, 0.29) is 0 Å². The summed E-state index contributed by atoms with van der Waals surface area (Å²) in [6.45, 7) is -0.453. The first-order valence-corrected chi connectivity index (χ1v) is 6.28. The molecular weight excluding hydrogens is 266 g/mol. The number of nitrogens with one attached hydrogen (secondary N) is 1. The lowest BCUT2D eigenvalue weighted by atomic mass is 9.98. The standard InChI is InChI=1S/C13H19NO6/c1-19-8-4-2-7(3-5-8)14-13-12(18)11(17)10(16)9(6-15)20-13/h2-5,9-18H,6H2,1H3/t9-,10-,11+,12-,13?/m1/s1. The smallest absolute Gasteiger partial charge is 0.157 e. The Morgan fingerprint density at radius 2 is 1.75 bits per heavy atom. The van der Waals surface area contributed by atoms with Crippen LogP contribution < -0.4 is 10.1 Å². The summed E-state index contributed by atoms with van der Waals surface area (Å²) in [5.74, 6) is 0.685. The van der Waals surface area contributed by atoms with Crippen molar-refractivity contribution in [1.29, 1.82) is 0 Å². The van der Waals surface area contributed by atoms with Crippen molar-refractivity contribution in [3.63, 3.8) is 0 Å². The molecule has 1 fully saturated rings. The van der Waals surface area contributed by atoms with E-state index < -0.39 is 37.3 Å². The van der Waals surface area contributed by atoms with Crippen LogP contribution in [0.1, 0.15) is 0 Å². The van der Waals surface area contributed by atoms with Gasteiger partial charge in [0.2, 0.25) is 0 Å². The first-order chi connectivity index (χ1) is 9.56. The number of hydrogen-bond acceptors (Lipinski definition) is 7. The van der Waals surface area contributed by atoms with Crippen LogP contribution in [0.3, 0.4) is 0 Å². The van der Waals surface area contributed by atoms with E-state index in [4.69, 9.17) is 14.6 Å². The van der Waals surface area contributed by atoms with Gasteiger partial charge < -0.3 is 35.2 Å². The van der Waals surface area contributed by atoms with Gasteiger partial charge in [-0.1, -0.05) is 0 Å². The molecule has 112 valence electrons. The summed E-state index contributed by atoms with van der Waals surface area (Å²) in [6, 6.07) is 6.90. The van der Waals surface area contributed by atoms with E-state index in [0.29, 0.717) is 11.4 Å². The van der Waals surface area contributed by atoms with Gasteiger partial charge in [0.05, 0.1) is 13.7 Å². The largest absolute Gasteiger partial charge is 0.497 e. The van der Waals surface area contributed by atoms with Gasteiger partial charge in [0.1, 0.15) is 30.2 Å². The van der Waals surface area contributed by atoms with Gasteiger partial charge in [0, 0.05) is 5.69 Å². The fourth-order valence-electron chi connectivity index (χ4n) is 2.07. The third-order valence-corrected chi connectivity index (χ3v) is 3.29. The number of aliphatic hydroxyl groups excluding tert-OH is 4. The number of ether oxygens (including phenoxy) is 2. The summed E-state index contributed by atoms with van der Waals surface area (Å²) in [5.41, 5.74) is 0.648. The van der Waals surface area contributed by atoms with E-state index >= 15 is 0 Å². The van der Waals surface area contributed by atoms with Gasteiger partial charge in [-0.3, -0.25) is 0 Å². The van der Waals surface area contributed by atoms with E-state index in [0.717, 1.165) is 0 Å². The third-order valence-electron chi connectivity index (χ3n) is 3.29. The Bertz CT molecular complexity index is 423. The van der Waals surface area contributed by atoms with Crippen LogP contribution in [-0.4, -0.2) is 64.8 Å². The molecule has 1 aromatic rings. The van der Waals surface area contributed by atoms with Crippen molar-refractivity contribution < 1.29 is 29.9 Å². The summed E-state index contributed by atoms with van der Waals surface area (Å²) in [6.07, 6.45) is -5.92. The summed E-state index contributed by atoms with van der Waals surface area (Å²) in [5, 5.41) is 41.2. The average Bonchev–Trinajstić information content (AvgIpc) is 2.48. The van der Waals surface area contributed by atoms with Crippen LogP contribution in [0.5, 0.6) is 5.75 Å². The maximum absolute atomic E-state index is 9.88. The second-order valence-corrected chi connectivity index (χ2v) is 4.62. The molecule has 0 aromatic heterocycles. The fourth-order valence-corrected chi connectivity index (χ4v) is 2.07. The normalized spacial score (nSPS) is 33.8. The number of hydrogen-bond donors (Lipinski definition) is 5. The predicted molar refractivity (Wildman–Crippen MR) is 70.4 cm³/mol. The van der Waals surface area contributed by atoms with Gasteiger partial charge in [-0.2, -0.15) is 0 Å². The predicted octanol–water partition coefficient (Wildman–Crippen LogP) is -1.09. The van der Waals surface area contributed by atoms with E-state index in [9.17, 15) is 15.3 Å². The molecule has 1 heterocycles. The molecule has 5 atom stereocenters. The van der Waals surface area contributed by atoms with Crippen molar-refractivity contribution in [2.75, 3.05) is 19.0 Å². The first-order valence-electron chi connectivity index (χ1n) is 6.28. The Morgan fingerprint density at radius 3 is 2.30 bits per heavy atom. The molecule has 7 heteroatoms. The lowest BCUT2D eigenvalue weighted by molar-refractivity contribution is -0.221. The quantitative estimate of drug-likeness (QED) is 0.478. The van der Waals surface area contributed by atoms with Crippen molar-refractivity contribution >= 4 is 5.69 Å². The molecule has 0 aliphatic carbocycles. The van der Waals surface area contributed by atoms with Gasteiger partial charge in [-0.15, -0.1) is 0 Å². The zero-order chi connectivity index (χ0) is 14.7. The zero-order valence-corrected chi connectivity index (χ0v) is 11.0. The molecule has 20 heavy (non-hydrogen) atoms. The van der Waals surface area contributed by atoms with Crippen LogP contribution in [0.15, 0.2) is 24.3 Å². The number of aliphatic hydroxyl groups is 4. The van der Waals surface area contributed by atoms with E-state index in [1.165, 1.54) is 0 Å². The monoisotopic (exact) mass is 285 g/mol. The summed E-state index contributed by atoms with van der Waals surface area (Å²) >= 11 is 0. The Kier molecular flexibility index (Phi) is 4.79. The molecule has 0 saturated carbocycles. The topological polar surface area (TPSA) is 111 Å². The second kappa shape index (κ2) is 6.38. The number of rotatable bonds is 4. The first kappa shape index (κ1) is 15.0. The summed E-state index contributed by atoms with van der Waals surface area (Å²) in [7, 11) is 1.56. The highest BCUT2D eigenvalue weighted by Gasteiger charge is 2.43. The Morgan fingerprint density at radius 1 is 1.10 bits per heavy atom. The zero-order valence-electron chi connectivity index (χ0n) is 11.0. The van der Waals surface area contributed by atoms with E-state index in [2.05, 4.69) is 5.32 Å². The third kappa shape index (κ3) is 3.02. The molecule has 2 rings (SSSR count). The SMILES string of the molecule is COc1ccc(NC2O[C@H](CO)[C@@H](O)[C@H](O)[C@H]2O)cc1. The van der Waals surface area contributed by atoms with Crippen LogP contribution >= 0.6 is 0 Å². The molecule has 1 aliphatic rings. The van der Waals surface area contributed by atoms with E-state index in [1.807, 2.05) is 0 Å². The number of anilines is 1. The minimum absolute atomic E-state index is 0.453. The lowest BCUT2D eigenvalue weighted by Crippen LogP contribution is -2.60. The molecule has 1 unspecified atom stereocenters. The van der Waals surface area contributed by atoms with E-state index in [1.54, 1.807) is 31.4 Å². The molecular formula is C13H19NO6. The fraction of sp³-hybridized carbons (Fsp3) is 0.538. The second-order valence-electron chi connectivity index (χ2n) is 4.62. The molecule has 5 N–H and O–H groups in total. The van der Waals surface area contributed by atoms with Crippen LogP contribution in [0.4, 0.5) is 5.69 Å². The Hall–Kier alpha value is -1.38. The van der Waals surface area contributed by atoms with Crippen molar-refractivity contribution in [3.05, 3.63) is 24.3 Å². The maximum Gasteiger partial charge on any atom is 0.157 e. The molecule has 7 nitrogen and oxygen atoms in total. The van der Waals surface area contributed by atoms with Crippen LogP contribution in [-0.2, 0) is 4.74 Å². The van der Waals surface area contributed by atoms with Crippen molar-refractivity contribution in [2.24, 2.45) is 0 Å². The summed E-state index contributed by atoms with van der Waals surface area (Å²) < 4.78 is 10.4. The van der Waals surface area contributed by atoms with Gasteiger partial charge in [0.25, 0.3) is 0 Å². The van der Waals surface area contributed by atoms with Gasteiger partial charge in [-0.05, 0) is 24.3 Å². The Labute approximate surface area is 116 Å². The average molecular weight is 285 g/mol. The minimum atomic E-state index is -1.39. The van der Waals surface area contributed by atoms with Gasteiger partial charge in [0.15, 0.2) is 6.23 Å². The number of benzene rings is 1. The van der Waals surface area contributed by atoms with Crippen molar-refractivity contribution in [2.45, 2.75) is 30.6 Å². The van der Waals surface area contributed by atoms with Gasteiger partial charge in [-0.25, -0.2) is 0 Å². The lowest BCUT2D eigenvalue weighted by Gasteiger charge is -2.40. The summed E-state index contributed by atoms with van der Waals surface area (Å²) in [4.78, 5) is 0. The van der Waals surface area contributed by atoms with Crippen molar-refractivity contribution in [3.8, 4) is 5.75 Å².